The van der Waals surface area contributed by atoms with Gasteiger partial charge in [-0.25, -0.2) is 4.98 Å². The highest BCUT2D eigenvalue weighted by molar-refractivity contribution is 4.94. The molecule has 0 saturated heterocycles. The van der Waals surface area contributed by atoms with Crippen molar-refractivity contribution in [3.63, 3.8) is 0 Å². The number of aryl methyl sites for hydroxylation is 1. The quantitative estimate of drug-likeness (QED) is 0.762. The van der Waals surface area contributed by atoms with Crippen molar-refractivity contribution in [1.29, 1.82) is 0 Å². The number of hydrogen-bond donors (Lipinski definition) is 1. The zero-order valence-electron chi connectivity index (χ0n) is 8.97. The van der Waals surface area contributed by atoms with Crippen molar-refractivity contribution in [2.24, 2.45) is 0 Å². The molecule has 0 amide bonds. The van der Waals surface area contributed by atoms with Crippen molar-refractivity contribution in [2.75, 3.05) is 7.11 Å². The van der Waals surface area contributed by atoms with Crippen LogP contribution in [0.25, 0.3) is 0 Å². The van der Waals surface area contributed by atoms with Gasteiger partial charge in [0.15, 0.2) is 0 Å². The third-order valence-corrected chi connectivity index (χ3v) is 2.45. The summed E-state index contributed by atoms with van der Waals surface area (Å²) >= 11 is 0. The fraction of sp³-hybridized carbons (Fsp3) is 0.700. The number of ether oxygens (including phenoxy) is 1. The number of rotatable bonds is 5. The summed E-state index contributed by atoms with van der Waals surface area (Å²) in [6.45, 7) is 4.78. The van der Waals surface area contributed by atoms with Gasteiger partial charge in [0.05, 0.1) is 12.2 Å². The van der Waals surface area contributed by atoms with Gasteiger partial charge in [-0.15, -0.1) is 0 Å². The molecule has 1 heterocycles. The average Bonchev–Trinajstić information content (AvgIpc) is 2.63. The summed E-state index contributed by atoms with van der Waals surface area (Å²) < 4.78 is 7.07. The van der Waals surface area contributed by atoms with E-state index in [2.05, 4.69) is 11.9 Å². The van der Waals surface area contributed by atoms with Gasteiger partial charge >= 0.3 is 0 Å². The molecular weight excluding hydrogens is 180 g/mol. The standard InChI is InChI=1S/C10H18N2O2/c1-4-12-6-5-11-10(12)7-9(13)8(2)14-3/h5-6,8-9,13H,4,7H2,1-3H3. The number of hydrogen-bond acceptors (Lipinski definition) is 3. The van der Waals surface area contributed by atoms with Crippen molar-refractivity contribution < 1.29 is 9.84 Å². The molecule has 2 atom stereocenters. The number of aliphatic hydroxyl groups is 1. The minimum absolute atomic E-state index is 0.156. The van der Waals surface area contributed by atoms with Crippen LogP contribution in [0.4, 0.5) is 0 Å². The fourth-order valence-corrected chi connectivity index (χ4v) is 1.33. The Balaban J connectivity index is 2.59. The first kappa shape index (κ1) is 11.2. The molecule has 0 aliphatic carbocycles. The molecule has 0 aromatic carbocycles. The Morgan fingerprint density at radius 3 is 2.93 bits per heavy atom. The number of aliphatic hydroxyl groups excluding tert-OH is 1. The van der Waals surface area contributed by atoms with Crippen LogP contribution in [-0.2, 0) is 17.7 Å². The Morgan fingerprint density at radius 1 is 1.64 bits per heavy atom. The molecule has 1 rings (SSSR count). The van der Waals surface area contributed by atoms with E-state index in [1.165, 1.54) is 0 Å². The zero-order chi connectivity index (χ0) is 10.6. The van der Waals surface area contributed by atoms with Gasteiger partial charge in [-0.1, -0.05) is 0 Å². The number of nitrogens with zero attached hydrogens (tertiary/aromatic N) is 2. The molecule has 0 aliphatic rings. The number of imidazole rings is 1. The molecule has 0 radical (unpaired) electrons. The van der Waals surface area contributed by atoms with Crippen molar-refractivity contribution in [3.05, 3.63) is 18.2 Å². The summed E-state index contributed by atoms with van der Waals surface area (Å²) in [6.07, 6.45) is 3.56. The molecule has 0 saturated carbocycles. The molecule has 14 heavy (non-hydrogen) atoms. The van der Waals surface area contributed by atoms with E-state index >= 15 is 0 Å². The van der Waals surface area contributed by atoms with E-state index in [1.54, 1.807) is 13.3 Å². The molecule has 0 fully saturated rings. The molecule has 4 nitrogen and oxygen atoms in total. The van der Waals surface area contributed by atoms with E-state index in [1.807, 2.05) is 17.7 Å². The molecule has 0 spiro atoms. The van der Waals surface area contributed by atoms with Gasteiger partial charge < -0.3 is 14.4 Å². The van der Waals surface area contributed by atoms with Crippen LogP contribution >= 0.6 is 0 Å². The summed E-state index contributed by atoms with van der Waals surface area (Å²) in [5.41, 5.74) is 0. The minimum atomic E-state index is -0.493. The largest absolute Gasteiger partial charge is 0.390 e. The summed E-state index contributed by atoms with van der Waals surface area (Å²) in [7, 11) is 1.60. The van der Waals surface area contributed by atoms with E-state index in [4.69, 9.17) is 4.74 Å². The van der Waals surface area contributed by atoms with E-state index < -0.39 is 6.10 Å². The first-order valence-electron chi connectivity index (χ1n) is 4.89. The van der Waals surface area contributed by atoms with Crippen LogP contribution in [-0.4, -0.2) is 34.0 Å². The molecule has 4 heteroatoms. The Hall–Kier alpha value is -0.870. The molecule has 0 bridgehead atoms. The number of methoxy groups -OCH3 is 1. The van der Waals surface area contributed by atoms with Gasteiger partial charge in [-0.2, -0.15) is 0 Å². The third-order valence-electron chi connectivity index (χ3n) is 2.45. The van der Waals surface area contributed by atoms with E-state index in [0.29, 0.717) is 6.42 Å². The highest BCUT2D eigenvalue weighted by atomic mass is 16.5. The van der Waals surface area contributed by atoms with Gasteiger partial charge in [-0.05, 0) is 13.8 Å². The van der Waals surface area contributed by atoms with Crippen molar-refractivity contribution in [3.8, 4) is 0 Å². The summed E-state index contributed by atoms with van der Waals surface area (Å²) in [4.78, 5) is 4.19. The SMILES string of the molecule is CCn1ccnc1CC(O)C(C)OC. The van der Waals surface area contributed by atoms with E-state index in [9.17, 15) is 5.11 Å². The first-order valence-corrected chi connectivity index (χ1v) is 4.89. The van der Waals surface area contributed by atoms with Crippen molar-refractivity contribution >= 4 is 0 Å². The monoisotopic (exact) mass is 198 g/mol. The van der Waals surface area contributed by atoms with Gasteiger partial charge in [0.2, 0.25) is 0 Å². The second kappa shape index (κ2) is 5.12. The van der Waals surface area contributed by atoms with Crippen molar-refractivity contribution in [2.45, 2.75) is 39.0 Å². The summed E-state index contributed by atoms with van der Waals surface area (Å²) in [5.74, 6) is 0.906. The highest BCUT2D eigenvalue weighted by Gasteiger charge is 2.16. The lowest BCUT2D eigenvalue weighted by Gasteiger charge is -2.17. The predicted octanol–water partition coefficient (Wildman–Crippen LogP) is 0.841. The van der Waals surface area contributed by atoms with Gasteiger partial charge in [0.1, 0.15) is 5.82 Å². The van der Waals surface area contributed by atoms with Crippen LogP contribution in [0.2, 0.25) is 0 Å². The maximum Gasteiger partial charge on any atom is 0.111 e. The van der Waals surface area contributed by atoms with E-state index in [0.717, 1.165) is 12.4 Å². The van der Waals surface area contributed by atoms with Gasteiger partial charge in [0.25, 0.3) is 0 Å². The minimum Gasteiger partial charge on any atom is -0.390 e. The maximum atomic E-state index is 9.73. The topological polar surface area (TPSA) is 47.3 Å². The lowest BCUT2D eigenvalue weighted by atomic mass is 10.1. The second-order valence-electron chi connectivity index (χ2n) is 3.34. The lowest BCUT2D eigenvalue weighted by Crippen LogP contribution is -2.28. The normalized spacial score (nSPS) is 15.4. The van der Waals surface area contributed by atoms with Crippen LogP contribution in [0.3, 0.4) is 0 Å². The van der Waals surface area contributed by atoms with Gasteiger partial charge in [0, 0.05) is 32.5 Å². The molecule has 0 aliphatic heterocycles. The maximum absolute atomic E-state index is 9.73. The summed E-state index contributed by atoms with van der Waals surface area (Å²) in [5, 5.41) is 9.73. The Morgan fingerprint density at radius 2 is 2.36 bits per heavy atom. The average molecular weight is 198 g/mol. The van der Waals surface area contributed by atoms with Crippen LogP contribution in [0.1, 0.15) is 19.7 Å². The molecule has 1 N–H and O–H groups in total. The van der Waals surface area contributed by atoms with Crippen molar-refractivity contribution in [1.82, 2.24) is 9.55 Å². The van der Waals surface area contributed by atoms with Crippen LogP contribution in [0.5, 0.6) is 0 Å². The van der Waals surface area contributed by atoms with Crippen LogP contribution in [0.15, 0.2) is 12.4 Å². The molecule has 2 unspecified atom stereocenters. The first-order chi connectivity index (χ1) is 6.69. The predicted molar refractivity (Wildman–Crippen MR) is 54.1 cm³/mol. The Kier molecular flexibility index (Phi) is 4.10. The second-order valence-corrected chi connectivity index (χ2v) is 3.34. The van der Waals surface area contributed by atoms with Crippen LogP contribution in [0, 0.1) is 0 Å². The molecule has 80 valence electrons. The lowest BCUT2D eigenvalue weighted by molar-refractivity contribution is -0.000885. The zero-order valence-corrected chi connectivity index (χ0v) is 8.97. The highest BCUT2D eigenvalue weighted by Crippen LogP contribution is 2.06. The fourth-order valence-electron chi connectivity index (χ4n) is 1.33. The smallest absolute Gasteiger partial charge is 0.111 e. The van der Waals surface area contributed by atoms with Crippen LogP contribution < -0.4 is 0 Å². The van der Waals surface area contributed by atoms with E-state index in [-0.39, 0.29) is 6.10 Å². The van der Waals surface area contributed by atoms with Gasteiger partial charge in [-0.3, -0.25) is 0 Å². The number of aromatic nitrogens is 2. The summed E-state index contributed by atoms with van der Waals surface area (Å²) in [6, 6.07) is 0. The Labute approximate surface area is 84.5 Å². The molecule has 1 aromatic heterocycles. The third kappa shape index (κ3) is 2.56. The molecule has 1 aromatic rings. The Bertz CT molecular complexity index is 273. The molecular formula is C10H18N2O2.